The molecule has 0 aliphatic rings. The van der Waals surface area contributed by atoms with Gasteiger partial charge in [-0.05, 0) is 34.7 Å². The van der Waals surface area contributed by atoms with Gasteiger partial charge in [-0.3, -0.25) is 0 Å². The minimum Gasteiger partial charge on any atom is -0.436 e. The molecule has 0 amide bonds. The van der Waals surface area contributed by atoms with Gasteiger partial charge in [0.2, 0.25) is 5.88 Å². The summed E-state index contributed by atoms with van der Waals surface area (Å²) in [6.07, 6.45) is 0. The number of halogens is 2. The van der Waals surface area contributed by atoms with Gasteiger partial charge in [-0.25, -0.2) is 0 Å². The topological polar surface area (TPSA) is 65.2 Å². The SMILES string of the molecule is Clc1ccc(Oc2ccc3nnnn3n2)c(Cl)c1. The summed E-state index contributed by atoms with van der Waals surface area (Å²) in [5, 5.41) is 15.9. The summed E-state index contributed by atoms with van der Waals surface area (Å²) < 4.78 is 6.79. The number of hydrogen-bond acceptors (Lipinski definition) is 5. The van der Waals surface area contributed by atoms with Crippen LogP contribution in [0.15, 0.2) is 30.3 Å². The Morgan fingerprint density at radius 3 is 2.83 bits per heavy atom. The average molecular weight is 282 g/mol. The summed E-state index contributed by atoms with van der Waals surface area (Å²) in [4.78, 5) is 0. The molecule has 2 aromatic heterocycles. The van der Waals surface area contributed by atoms with Crippen molar-refractivity contribution in [1.82, 2.24) is 25.3 Å². The second-order valence-corrected chi connectivity index (χ2v) is 4.22. The fourth-order valence-electron chi connectivity index (χ4n) is 1.36. The van der Waals surface area contributed by atoms with Crippen LogP contribution in [0.1, 0.15) is 0 Å². The van der Waals surface area contributed by atoms with Gasteiger partial charge in [0.25, 0.3) is 0 Å². The second-order valence-electron chi connectivity index (χ2n) is 3.37. The largest absolute Gasteiger partial charge is 0.436 e. The fourth-order valence-corrected chi connectivity index (χ4v) is 1.81. The highest BCUT2D eigenvalue weighted by molar-refractivity contribution is 6.35. The fraction of sp³-hybridized carbons (Fsp3) is 0. The first-order valence-electron chi connectivity index (χ1n) is 4.91. The van der Waals surface area contributed by atoms with Crippen molar-refractivity contribution >= 4 is 28.8 Å². The molecule has 2 heterocycles. The summed E-state index contributed by atoms with van der Waals surface area (Å²) >= 11 is 11.8. The lowest BCUT2D eigenvalue weighted by molar-refractivity contribution is 0.447. The van der Waals surface area contributed by atoms with Crippen molar-refractivity contribution in [1.29, 1.82) is 0 Å². The molecule has 0 saturated carbocycles. The molecular formula is C10H5Cl2N5O. The van der Waals surface area contributed by atoms with E-state index in [2.05, 4.69) is 20.6 Å². The number of hydrogen-bond donors (Lipinski definition) is 0. The summed E-state index contributed by atoms with van der Waals surface area (Å²) in [5.41, 5.74) is 0.532. The Kier molecular flexibility index (Phi) is 2.73. The highest BCUT2D eigenvalue weighted by atomic mass is 35.5. The molecule has 1 aromatic carbocycles. The van der Waals surface area contributed by atoms with Crippen molar-refractivity contribution < 1.29 is 4.74 Å². The van der Waals surface area contributed by atoms with Crippen LogP contribution in [0.3, 0.4) is 0 Å². The molecule has 0 fully saturated rings. The number of tetrazole rings is 1. The van der Waals surface area contributed by atoms with E-state index in [4.69, 9.17) is 27.9 Å². The van der Waals surface area contributed by atoms with Crippen molar-refractivity contribution in [2.24, 2.45) is 0 Å². The minimum atomic E-state index is 0.332. The quantitative estimate of drug-likeness (QED) is 0.722. The number of rotatable bonds is 2. The molecule has 6 nitrogen and oxygen atoms in total. The number of fused-ring (bicyclic) bond motifs is 1. The number of benzene rings is 1. The summed E-state index contributed by atoms with van der Waals surface area (Å²) in [7, 11) is 0. The Labute approximate surface area is 111 Å². The lowest BCUT2D eigenvalue weighted by Crippen LogP contribution is -1.97. The van der Waals surface area contributed by atoms with Gasteiger partial charge in [0, 0.05) is 11.1 Å². The molecule has 90 valence electrons. The molecule has 0 radical (unpaired) electrons. The first-order valence-corrected chi connectivity index (χ1v) is 5.66. The van der Waals surface area contributed by atoms with Crippen molar-refractivity contribution in [3.05, 3.63) is 40.4 Å². The predicted octanol–water partition coefficient (Wildman–Crippen LogP) is 2.62. The molecule has 3 rings (SSSR count). The molecule has 8 heteroatoms. The first kappa shape index (κ1) is 11.2. The maximum absolute atomic E-state index is 5.99. The van der Waals surface area contributed by atoms with Crippen LogP contribution >= 0.6 is 23.2 Å². The normalized spacial score (nSPS) is 10.8. The van der Waals surface area contributed by atoms with Gasteiger partial charge in [-0.2, -0.15) is 0 Å². The van der Waals surface area contributed by atoms with E-state index < -0.39 is 0 Å². The molecule has 0 aliphatic carbocycles. The molecule has 3 aromatic rings. The van der Waals surface area contributed by atoms with E-state index in [0.29, 0.717) is 27.3 Å². The Balaban J connectivity index is 1.95. The molecule has 0 unspecified atom stereocenters. The minimum absolute atomic E-state index is 0.332. The number of aromatic nitrogens is 5. The molecule has 0 spiro atoms. The number of nitrogens with zero attached hydrogens (tertiary/aromatic N) is 5. The zero-order valence-corrected chi connectivity index (χ0v) is 10.3. The standard InChI is InChI=1S/C10H5Cl2N5O/c11-6-1-2-8(7(12)5-6)18-10-4-3-9-13-15-16-17(9)14-10/h1-5H. The van der Waals surface area contributed by atoms with E-state index >= 15 is 0 Å². The van der Waals surface area contributed by atoms with Gasteiger partial charge in [-0.15, -0.1) is 14.8 Å². The third-order valence-corrected chi connectivity index (χ3v) is 2.68. The Morgan fingerprint density at radius 1 is 1.11 bits per heavy atom. The predicted molar refractivity (Wildman–Crippen MR) is 65.1 cm³/mol. The highest BCUT2D eigenvalue weighted by Gasteiger charge is 2.06. The van der Waals surface area contributed by atoms with Gasteiger partial charge in [0.05, 0.1) is 5.02 Å². The van der Waals surface area contributed by atoms with Crippen LogP contribution in [0, 0.1) is 0 Å². The Morgan fingerprint density at radius 2 is 2.00 bits per heavy atom. The molecular weight excluding hydrogens is 277 g/mol. The van der Waals surface area contributed by atoms with Gasteiger partial charge in [0.1, 0.15) is 5.75 Å². The van der Waals surface area contributed by atoms with E-state index in [1.165, 1.54) is 4.63 Å². The maximum atomic E-state index is 5.99. The van der Waals surface area contributed by atoms with Gasteiger partial charge >= 0.3 is 0 Å². The van der Waals surface area contributed by atoms with Crippen molar-refractivity contribution in [3.63, 3.8) is 0 Å². The monoisotopic (exact) mass is 281 g/mol. The van der Waals surface area contributed by atoms with Gasteiger partial charge < -0.3 is 4.74 Å². The van der Waals surface area contributed by atoms with Crippen molar-refractivity contribution in [2.75, 3.05) is 0 Å². The van der Waals surface area contributed by atoms with E-state index in [1.807, 2.05) is 0 Å². The van der Waals surface area contributed by atoms with Crippen molar-refractivity contribution in [3.8, 4) is 11.6 Å². The molecule has 0 N–H and O–H groups in total. The Bertz CT molecular complexity index is 714. The summed E-state index contributed by atoms with van der Waals surface area (Å²) in [6.45, 7) is 0. The van der Waals surface area contributed by atoms with Gasteiger partial charge in [-0.1, -0.05) is 23.2 Å². The van der Waals surface area contributed by atoms with Gasteiger partial charge in [0.15, 0.2) is 5.65 Å². The number of ether oxygens (including phenoxy) is 1. The molecule has 18 heavy (non-hydrogen) atoms. The molecule has 0 saturated heterocycles. The zero-order valence-electron chi connectivity index (χ0n) is 8.79. The lowest BCUT2D eigenvalue weighted by Gasteiger charge is -2.06. The van der Waals surface area contributed by atoms with Crippen LogP contribution in [-0.2, 0) is 0 Å². The zero-order chi connectivity index (χ0) is 12.5. The third-order valence-electron chi connectivity index (χ3n) is 2.15. The van der Waals surface area contributed by atoms with Crippen LogP contribution in [0.5, 0.6) is 11.6 Å². The van der Waals surface area contributed by atoms with Crippen LogP contribution in [0.4, 0.5) is 0 Å². The van der Waals surface area contributed by atoms with E-state index in [0.717, 1.165) is 0 Å². The van der Waals surface area contributed by atoms with Crippen LogP contribution < -0.4 is 4.74 Å². The maximum Gasteiger partial charge on any atom is 0.239 e. The molecule has 0 bridgehead atoms. The van der Waals surface area contributed by atoms with Crippen LogP contribution in [0.25, 0.3) is 5.65 Å². The second kappa shape index (κ2) is 4.40. The van der Waals surface area contributed by atoms with E-state index in [1.54, 1.807) is 30.3 Å². The van der Waals surface area contributed by atoms with Crippen LogP contribution in [0.2, 0.25) is 10.0 Å². The van der Waals surface area contributed by atoms with Crippen molar-refractivity contribution in [2.45, 2.75) is 0 Å². The summed E-state index contributed by atoms with van der Waals surface area (Å²) in [6, 6.07) is 8.27. The molecule has 0 aliphatic heterocycles. The summed E-state index contributed by atoms with van der Waals surface area (Å²) in [5.74, 6) is 0.792. The van der Waals surface area contributed by atoms with E-state index in [-0.39, 0.29) is 0 Å². The lowest BCUT2D eigenvalue weighted by atomic mass is 10.3. The molecule has 0 atom stereocenters. The highest BCUT2D eigenvalue weighted by Crippen LogP contribution is 2.30. The Hall–Kier alpha value is -1.92. The third kappa shape index (κ3) is 2.07. The van der Waals surface area contributed by atoms with Crippen LogP contribution in [-0.4, -0.2) is 25.3 Å². The smallest absolute Gasteiger partial charge is 0.239 e. The average Bonchev–Trinajstić information content (AvgIpc) is 2.80. The van der Waals surface area contributed by atoms with E-state index in [9.17, 15) is 0 Å². The first-order chi connectivity index (χ1) is 8.72.